The molecule has 29 heavy (non-hydrogen) atoms. The molecule has 4 rings (SSSR count). The van der Waals surface area contributed by atoms with Crippen LogP contribution in [-0.4, -0.2) is 27.0 Å². The van der Waals surface area contributed by atoms with Crippen LogP contribution in [0.2, 0.25) is 5.02 Å². The van der Waals surface area contributed by atoms with E-state index >= 15 is 0 Å². The van der Waals surface area contributed by atoms with Crippen LogP contribution in [0.15, 0.2) is 42.0 Å². The third-order valence-electron chi connectivity index (χ3n) is 4.44. The molecule has 1 aromatic carbocycles. The van der Waals surface area contributed by atoms with Crippen molar-refractivity contribution in [3.05, 3.63) is 63.1 Å². The average molecular weight is 448 g/mol. The fourth-order valence-electron chi connectivity index (χ4n) is 3.13. The molecule has 0 aliphatic heterocycles. The Morgan fingerprint density at radius 3 is 2.79 bits per heavy atom. The highest BCUT2D eigenvalue weighted by Crippen LogP contribution is 2.41. The maximum atomic E-state index is 13.0. The van der Waals surface area contributed by atoms with Gasteiger partial charge in [-0.15, -0.1) is 11.3 Å². The molecule has 3 aromatic heterocycles. The number of anilines is 1. The number of nitrogens with one attached hydrogen (secondary N) is 2. The van der Waals surface area contributed by atoms with Crippen molar-refractivity contribution >= 4 is 57.8 Å². The number of nitrogens with two attached hydrogens (primary N) is 1. The SMILES string of the molecule is Nc1c(-c2sccc2Cl)n(CCNC(=O)c2ccc(F)cc2)c2c(=S)[nH]cnc12. The van der Waals surface area contributed by atoms with Gasteiger partial charge in [0.05, 0.1) is 27.6 Å². The zero-order valence-electron chi connectivity index (χ0n) is 14.9. The third kappa shape index (κ3) is 3.64. The van der Waals surface area contributed by atoms with Crippen LogP contribution >= 0.6 is 35.2 Å². The van der Waals surface area contributed by atoms with Crippen molar-refractivity contribution in [2.75, 3.05) is 12.3 Å². The van der Waals surface area contributed by atoms with Gasteiger partial charge in [-0.3, -0.25) is 4.79 Å². The number of nitrogen functional groups attached to an aromatic ring is 1. The molecule has 0 bridgehead atoms. The van der Waals surface area contributed by atoms with E-state index in [0.29, 0.717) is 50.7 Å². The van der Waals surface area contributed by atoms with Gasteiger partial charge in [0.1, 0.15) is 21.5 Å². The molecular formula is C19H15ClFN5OS2. The van der Waals surface area contributed by atoms with Gasteiger partial charge in [0, 0.05) is 18.7 Å². The first-order valence-electron chi connectivity index (χ1n) is 8.60. The summed E-state index contributed by atoms with van der Waals surface area (Å²) in [6, 6.07) is 7.16. The largest absolute Gasteiger partial charge is 0.395 e. The molecule has 0 radical (unpaired) electrons. The number of carbonyl (C=O) groups is 1. The highest BCUT2D eigenvalue weighted by molar-refractivity contribution is 7.71. The number of thiophene rings is 1. The fraction of sp³-hybridized carbons (Fsp3) is 0.105. The van der Waals surface area contributed by atoms with Gasteiger partial charge in [0.25, 0.3) is 5.91 Å². The summed E-state index contributed by atoms with van der Waals surface area (Å²) in [6.07, 6.45) is 1.50. The molecule has 0 fully saturated rings. The Balaban J connectivity index is 1.68. The van der Waals surface area contributed by atoms with Crippen LogP contribution in [-0.2, 0) is 6.54 Å². The van der Waals surface area contributed by atoms with Crippen LogP contribution in [0.3, 0.4) is 0 Å². The predicted octanol–water partition coefficient (Wildman–Crippen LogP) is 4.63. The second-order valence-corrected chi connectivity index (χ2v) is 7.93. The van der Waals surface area contributed by atoms with Crippen LogP contribution in [0, 0.1) is 10.5 Å². The summed E-state index contributed by atoms with van der Waals surface area (Å²) in [7, 11) is 0. The normalized spacial score (nSPS) is 11.1. The summed E-state index contributed by atoms with van der Waals surface area (Å²) in [4.78, 5) is 20.4. The highest BCUT2D eigenvalue weighted by Gasteiger charge is 2.21. The lowest BCUT2D eigenvalue weighted by Crippen LogP contribution is -2.27. The zero-order chi connectivity index (χ0) is 20.5. The predicted molar refractivity (Wildman–Crippen MR) is 116 cm³/mol. The fourth-order valence-corrected chi connectivity index (χ4v) is 4.60. The lowest BCUT2D eigenvalue weighted by Gasteiger charge is -2.12. The van der Waals surface area contributed by atoms with Gasteiger partial charge in [0.2, 0.25) is 0 Å². The summed E-state index contributed by atoms with van der Waals surface area (Å²) >= 11 is 13.3. The van der Waals surface area contributed by atoms with Crippen LogP contribution in [0.4, 0.5) is 10.1 Å². The van der Waals surface area contributed by atoms with Gasteiger partial charge in [-0.2, -0.15) is 0 Å². The molecule has 6 nitrogen and oxygen atoms in total. The average Bonchev–Trinajstić information content (AvgIpc) is 3.24. The number of aromatic amines is 1. The van der Waals surface area contributed by atoms with Crippen LogP contribution in [0.5, 0.6) is 0 Å². The standard InChI is InChI=1S/C19H15ClFN5OS2/c20-12-5-8-29-17(12)15-13(22)14-16(19(28)25-9-24-14)26(15)7-6-23-18(27)10-1-3-11(21)4-2-10/h1-5,8-9H,6-7,22H2,(H,23,27)(H,24,25,28). The zero-order valence-corrected chi connectivity index (χ0v) is 17.3. The number of rotatable bonds is 5. The van der Waals surface area contributed by atoms with Crippen molar-refractivity contribution in [3.8, 4) is 10.6 Å². The molecule has 0 aliphatic rings. The minimum absolute atomic E-state index is 0.298. The molecule has 4 aromatic rings. The highest BCUT2D eigenvalue weighted by atomic mass is 35.5. The molecule has 0 unspecified atom stereocenters. The van der Waals surface area contributed by atoms with Crippen molar-refractivity contribution in [1.29, 1.82) is 0 Å². The monoisotopic (exact) mass is 447 g/mol. The van der Waals surface area contributed by atoms with Crippen molar-refractivity contribution in [2.24, 2.45) is 0 Å². The first-order valence-corrected chi connectivity index (χ1v) is 10.3. The number of H-pyrrole nitrogens is 1. The van der Waals surface area contributed by atoms with E-state index in [1.165, 1.54) is 41.9 Å². The quantitative estimate of drug-likeness (QED) is 0.389. The van der Waals surface area contributed by atoms with Gasteiger partial charge >= 0.3 is 0 Å². The molecular weight excluding hydrogens is 433 g/mol. The van der Waals surface area contributed by atoms with Gasteiger partial charge in [-0.05, 0) is 35.7 Å². The number of halogens is 2. The Hall–Kier alpha value is -2.75. The summed E-state index contributed by atoms with van der Waals surface area (Å²) in [5.41, 5.74) is 9.22. The summed E-state index contributed by atoms with van der Waals surface area (Å²) < 4.78 is 15.5. The molecule has 4 N–H and O–H groups in total. The van der Waals surface area contributed by atoms with Crippen LogP contribution < -0.4 is 11.1 Å². The Labute approximate surface area is 179 Å². The lowest BCUT2D eigenvalue weighted by molar-refractivity contribution is 0.0952. The van der Waals surface area contributed by atoms with Gasteiger partial charge in [-0.1, -0.05) is 23.8 Å². The van der Waals surface area contributed by atoms with E-state index in [9.17, 15) is 9.18 Å². The minimum atomic E-state index is -0.393. The van der Waals surface area contributed by atoms with E-state index in [1.54, 1.807) is 6.07 Å². The molecule has 1 amide bonds. The Kier molecular flexibility index (Phi) is 5.35. The topological polar surface area (TPSA) is 88.7 Å². The van der Waals surface area contributed by atoms with Crippen molar-refractivity contribution in [3.63, 3.8) is 0 Å². The van der Waals surface area contributed by atoms with Gasteiger partial charge < -0.3 is 20.6 Å². The first-order chi connectivity index (χ1) is 14.0. The number of aromatic nitrogens is 3. The number of hydrogen-bond donors (Lipinski definition) is 3. The summed E-state index contributed by atoms with van der Waals surface area (Å²) in [6.45, 7) is 0.701. The van der Waals surface area contributed by atoms with Crippen molar-refractivity contribution < 1.29 is 9.18 Å². The summed E-state index contributed by atoms with van der Waals surface area (Å²) in [5, 5.41) is 5.29. The first kappa shape index (κ1) is 19.6. The smallest absolute Gasteiger partial charge is 0.251 e. The molecule has 0 saturated heterocycles. The molecule has 3 heterocycles. The van der Waals surface area contributed by atoms with Crippen LogP contribution in [0.1, 0.15) is 10.4 Å². The number of nitrogens with zero attached hydrogens (tertiary/aromatic N) is 2. The third-order valence-corrected chi connectivity index (χ3v) is 6.10. The Bertz CT molecular complexity index is 1260. The number of fused-ring (bicyclic) bond motifs is 1. The van der Waals surface area contributed by atoms with Gasteiger partial charge in [-0.25, -0.2) is 9.37 Å². The van der Waals surface area contributed by atoms with Crippen LogP contribution in [0.25, 0.3) is 21.6 Å². The van der Waals surface area contributed by atoms with E-state index in [2.05, 4.69) is 15.3 Å². The minimum Gasteiger partial charge on any atom is -0.395 e. The maximum absolute atomic E-state index is 13.0. The summed E-state index contributed by atoms with van der Waals surface area (Å²) in [5.74, 6) is -0.691. The van der Waals surface area contributed by atoms with E-state index in [-0.39, 0.29) is 5.91 Å². The number of amides is 1. The van der Waals surface area contributed by atoms with Crippen molar-refractivity contribution in [1.82, 2.24) is 19.9 Å². The molecule has 148 valence electrons. The Morgan fingerprint density at radius 2 is 2.10 bits per heavy atom. The Morgan fingerprint density at radius 1 is 1.34 bits per heavy atom. The van der Waals surface area contributed by atoms with Crippen molar-refractivity contribution in [2.45, 2.75) is 6.54 Å². The maximum Gasteiger partial charge on any atom is 0.251 e. The second-order valence-electron chi connectivity index (χ2n) is 6.20. The molecule has 0 atom stereocenters. The lowest BCUT2D eigenvalue weighted by atomic mass is 10.2. The van der Waals surface area contributed by atoms with E-state index in [4.69, 9.17) is 29.6 Å². The second kappa shape index (κ2) is 7.94. The molecule has 0 saturated carbocycles. The van der Waals surface area contributed by atoms with E-state index in [0.717, 1.165) is 4.88 Å². The number of hydrogen-bond acceptors (Lipinski definition) is 5. The number of benzene rings is 1. The van der Waals surface area contributed by atoms with Gasteiger partial charge in [0.15, 0.2) is 0 Å². The van der Waals surface area contributed by atoms with E-state index < -0.39 is 5.82 Å². The molecule has 10 heteroatoms. The van der Waals surface area contributed by atoms with E-state index in [1.807, 2.05) is 9.95 Å². The molecule has 0 spiro atoms. The molecule has 0 aliphatic carbocycles. The number of carbonyl (C=O) groups excluding carboxylic acids is 1.